The largest absolute Gasteiger partial charge is 0.492 e. The number of aliphatic imine (C=N–C) groups is 1. The lowest BCUT2D eigenvalue weighted by molar-refractivity contribution is 0.281. The molecule has 0 radical (unpaired) electrons. The second-order valence-corrected chi connectivity index (χ2v) is 6.54. The summed E-state index contributed by atoms with van der Waals surface area (Å²) in [4.78, 5) is 10.5. The predicted molar refractivity (Wildman–Crippen MR) is 113 cm³/mol. The molecule has 0 spiro atoms. The Morgan fingerprint density at radius 3 is 2.54 bits per heavy atom. The van der Waals surface area contributed by atoms with Gasteiger partial charge in [-0.1, -0.05) is 42.5 Å². The van der Waals surface area contributed by atoms with Crippen molar-refractivity contribution >= 4 is 5.96 Å². The highest BCUT2D eigenvalue weighted by atomic mass is 16.5. The van der Waals surface area contributed by atoms with Gasteiger partial charge in [-0.05, 0) is 23.3 Å². The summed E-state index contributed by atoms with van der Waals surface area (Å²) in [6.07, 6.45) is 5.60. The summed E-state index contributed by atoms with van der Waals surface area (Å²) in [5.41, 5.74) is 2.46. The van der Waals surface area contributed by atoms with Crippen LogP contribution in [0, 0.1) is 0 Å². The molecule has 0 unspecified atom stereocenters. The Hall–Kier alpha value is -3.28. The van der Waals surface area contributed by atoms with E-state index in [1.807, 2.05) is 49.9 Å². The van der Waals surface area contributed by atoms with Crippen LogP contribution in [0.3, 0.4) is 0 Å². The van der Waals surface area contributed by atoms with E-state index in [1.165, 1.54) is 11.1 Å². The maximum absolute atomic E-state index is 5.76. The van der Waals surface area contributed by atoms with Crippen molar-refractivity contribution in [3.05, 3.63) is 84.4 Å². The second kappa shape index (κ2) is 10.2. The molecule has 0 aliphatic heterocycles. The van der Waals surface area contributed by atoms with Crippen molar-refractivity contribution in [2.45, 2.75) is 13.1 Å². The number of hydrogen-bond donors (Lipinski definition) is 1. The minimum absolute atomic E-state index is 0.601. The first-order valence-electron chi connectivity index (χ1n) is 9.38. The van der Waals surface area contributed by atoms with Gasteiger partial charge >= 0.3 is 0 Å². The summed E-state index contributed by atoms with van der Waals surface area (Å²) in [6, 6.07) is 18.4. The molecule has 3 rings (SSSR count). The number of likely N-dealkylation sites (N-methyl/N-ethyl adjacent to an activating group) is 1. The molecule has 0 aliphatic carbocycles. The number of guanidine groups is 1. The molecule has 28 heavy (non-hydrogen) atoms. The van der Waals surface area contributed by atoms with E-state index >= 15 is 0 Å². The van der Waals surface area contributed by atoms with Crippen LogP contribution in [0.25, 0.3) is 0 Å². The lowest BCUT2D eigenvalue weighted by atomic mass is 10.1. The molecule has 0 aliphatic rings. The molecule has 0 amide bonds. The van der Waals surface area contributed by atoms with E-state index in [1.54, 1.807) is 13.2 Å². The summed E-state index contributed by atoms with van der Waals surface area (Å²) < 4.78 is 7.82. The van der Waals surface area contributed by atoms with Gasteiger partial charge in [0.05, 0.1) is 12.9 Å². The highest BCUT2D eigenvalue weighted by Crippen LogP contribution is 2.08. The number of rotatable bonds is 8. The minimum atomic E-state index is 0.601. The standard InChI is InChI=1S/C22H27N5O/c1-23-22(26(2)14-15-28-21-6-4-3-5-7-21)25-16-19-8-10-20(11-9-19)17-27-13-12-24-18-27/h3-13,18H,14-17H2,1-2H3,(H,23,25). The van der Waals surface area contributed by atoms with E-state index in [0.717, 1.165) is 31.3 Å². The number of nitrogens with one attached hydrogen (secondary N) is 1. The van der Waals surface area contributed by atoms with Crippen molar-refractivity contribution in [2.24, 2.45) is 4.99 Å². The zero-order chi connectivity index (χ0) is 19.6. The van der Waals surface area contributed by atoms with Crippen molar-refractivity contribution in [1.29, 1.82) is 0 Å². The molecule has 0 atom stereocenters. The number of hydrogen-bond acceptors (Lipinski definition) is 3. The van der Waals surface area contributed by atoms with Crippen LogP contribution in [-0.4, -0.2) is 47.7 Å². The Bertz CT molecular complexity index is 844. The number of nitrogens with zero attached hydrogens (tertiary/aromatic N) is 4. The molecule has 6 heteroatoms. The van der Waals surface area contributed by atoms with Gasteiger partial charge in [0.1, 0.15) is 12.4 Å². The van der Waals surface area contributed by atoms with Crippen LogP contribution < -0.4 is 10.1 Å². The third-order valence-corrected chi connectivity index (χ3v) is 4.41. The van der Waals surface area contributed by atoms with Crippen LogP contribution in [0.15, 0.2) is 78.3 Å². The van der Waals surface area contributed by atoms with Crippen molar-refractivity contribution in [3.63, 3.8) is 0 Å². The lowest BCUT2D eigenvalue weighted by Crippen LogP contribution is -2.40. The molecule has 1 heterocycles. The van der Waals surface area contributed by atoms with Gasteiger partial charge in [-0.25, -0.2) is 4.98 Å². The van der Waals surface area contributed by atoms with Gasteiger partial charge in [0.15, 0.2) is 5.96 Å². The normalized spacial score (nSPS) is 11.3. The Kier molecular flexibility index (Phi) is 7.07. The SMILES string of the molecule is CN=C(NCc1ccc(Cn2ccnc2)cc1)N(C)CCOc1ccccc1. The molecule has 2 aromatic carbocycles. The van der Waals surface area contributed by atoms with E-state index in [2.05, 4.69) is 49.0 Å². The van der Waals surface area contributed by atoms with Crippen molar-refractivity contribution < 1.29 is 4.74 Å². The topological polar surface area (TPSA) is 54.7 Å². The lowest BCUT2D eigenvalue weighted by Gasteiger charge is -2.22. The fourth-order valence-electron chi connectivity index (χ4n) is 2.84. The fourth-order valence-corrected chi connectivity index (χ4v) is 2.84. The third kappa shape index (κ3) is 5.87. The molecule has 0 saturated heterocycles. The highest BCUT2D eigenvalue weighted by Gasteiger charge is 2.06. The molecule has 3 aromatic rings. The van der Waals surface area contributed by atoms with Gasteiger partial charge in [0, 0.05) is 39.6 Å². The van der Waals surface area contributed by atoms with Crippen LogP contribution >= 0.6 is 0 Å². The van der Waals surface area contributed by atoms with Crippen LogP contribution in [-0.2, 0) is 13.1 Å². The number of benzene rings is 2. The number of para-hydroxylation sites is 1. The van der Waals surface area contributed by atoms with Crippen molar-refractivity contribution in [2.75, 3.05) is 27.2 Å². The molecule has 0 fully saturated rings. The van der Waals surface area contributed by atoms with E-state index in [-0.39, 0.29) is 0 Å². The first kappa shape index (κ1) is 19.5. The molecule has 6 nitrogen and oxygen atoms in total. The first-order chi connectivity index (χ1) is 13.7. The number of ether oxygens (including phenoxy) is 1. The number of imidazole rings is 1. The molecule has 1 N–H and O–H groups in total. The van der Waals surface area contributed by atoms with Gasteiger partial charge in [-0.15, -0.1) is 0 Å². The monoisotopic (exact) mass is 377 g/mol. The zero-order valence-electron chi connectivity index (χ0n) is 16.5. The fraction of sp³-hybridized carbons (Fsp3) is 0.273. The van der Waals surface area contributed by atoms with Gasteiger partial charge in [-0.2, -0.15) is 0 Å². The van der Waals surface area contributed by atoms with Gasteiger partial charge < -0.3 is 19.5 Å². The third-order valence-electron chi connectivity index (χ3n) is 4.41. The van der Waals surface area contributed by atoms with E-state index < -0.39 is 0 Å². The summed E-state index contributed by atoms with van der Waals surface area (Å²) >= 11 is 0. The van der Waals surface area contributed by atoms with E-state index in [0.29, 0.717) is 6.61 Å². The number of aromatic nitrogens is 2. The average Bonchev–Trinajstić information content (AvgIpc) is 3.23. The highest BCUT2D eigenvalue weighted by molar-refractivity contribution is 5.79. The van der Waals surface area contributed by atoms with E-state index in [9.17, 15) is 0 Å². The summed E-state index contributed by atoms with van der Waals surface area (Å²) in [5.74, 6) is 1.73. The van der Waals surface area contributed by atoms with E-state index in [4.69, 9.17) is 4.74 Å². The average molecular weight is 377 g/mol. The Labute approximate surface area is 166 Å². The summed E-state index contributed by atoms with van der Waals surface area (Å²) in [5, 5.41) is 3.40. The Morgan fingerprint density at radius 2 is 1.86 bits per heavy atom. The van der Waals surface area contributed by atoms with Crippen LogP contribution in [0.4, 0.5) is 0 Å². The van der Waals surface area contributed by atoms with Crippen molar-refractivity contribution in [1.82, 2.24) is 19.8 Å². The minimum Gasteiger partial charge on any atom is -0.492 e. The van der Waals surface area contributed by atoms with Gasteiger partial charge in [-0.3, -0.25) is 4.99 Å². The van der Waals surface area contributed by atoms with Crippen LogP contribution in [0.2, 0.25) is 0 Å². The maximum Gasteiger partial charge on any atom is 0.193 e. The molecule has 1 aromatic heterocycles. The molecule has 0 saturated carbocycles. The van der Waals surface area contributed by atoms with Crippen LogP contribution in [0.1, 0.15) is 11.1 Å². The quantitative estimate of drug-likeness (QED) is 0.484. The first-order valence-corrected chi connectivity index (χ1v) is 9.38. The summed E-state index contributed by atoms with van der Waals surface area (Å²) in [7, 11) is 3.81. The second-order valence-electron chi connectivity index (χ2n) is 6.54. The predicted octanol–water partition coefficient (Wildman–Crippen LogP) is 3.02. The Balaban J connectivity index is 1.43. The van der Waals surface area contributed by atoms with Gasteiger partial charge in [0.2, 0.25) is 0 Å². The van der Waals surface area contributed by atoms with Gasteiger partial charge in [0.25, 0.3) is 0 Å². The molecule has 146 valence electrons. The Morgan fingerprint density at radius 1 is 1.11 bits per heavy atom. The molecular weight excluding hydrogens is 350 g/mol. The maximum atomic E-state index is 5.76. The molecule has 0 bridgehead atoms. The van der Waals surface area contributed by atoms with Crippen LogP contribution in [0.5, 0.6) is 5.75 Å². The zero-order valence-corrected chi connectivity index (χ0v) is 16.5. The van der Waals surface area contributed by atoms with Crippen molar-refractivity contribution in [3.8, 4) is 5.75 Å². The summed E-state index contributed by atoms with van der Waals surface area (Å²) in [6.45, 7) is 2.91. The smallest absolute Gasteiger partial charge is 0.193 e. The molecular formula is C22H27N5O.